The predicted molar refractivity (Wildman–Crippen MR) is 107 cm³/mol. The highest BCUT2D eigenvalue weighted by molar-refractivity contribution is 6.00. The number of alkyl halides is 3. The molecule has 2 N–H and O–H groups in total. The largest absolute Gasteiger partial charge is 0.573 e. The lowest BCUT2D eigenvalue weighted by atomic mass is 10.2. The first kappa shape index (κ1) is 21.1. The summed E-state index contributed by atoms with van der Waals surface area (Å²) in [5.41, 5.74) is 0.641. The van der Waals surface area contributed by atoms with Crippen LogP contribution in [-0.2, 0) is 4.74 Å². The highest BCUT2D eigenvalue weighted by Gasteiger charge is 2.31. The number of nitrogens with one attached hydrogen (secondary N) is 2. The van der Waals surface area contributed by atoms with Crippen LogP contribution in [0.5, 0.6) is 5.75 Å². The third-order valence-electron chi connectivity index (χ3n) is 4.99. The van der Waals surface area contributed by atoms with Gasteiger partial charge >= 0.3 is 6.36 Å². The van der Waals surface area contributed by atoms with Crippen LogP contribution in [0.2, 0.25) is 0 Å². The van der Waals surface area contributed by atoms with Crippen molar-refractivity contribution in [3.8, 4) is 11.4 Å². The first-order chi connectivity index (χ1) is 14.8. The smallest absolute Gasteiger partial charge is 0.406 e. The van der Waals surface area contributed by atoms with Crippen LogP contribution in [0.15, 0.2) is 47.3 Å². The minimum absolute atomic E-state index is 0.112. The van der Waals surface area contributed by atoms with Crippen LogP contribution in [-0.4, -0.2) is 47.5 Å². The summed E-state index contributed by atoms with van der Waals surface area (Å²) in [5.74, 6) is -0.571. The summed E-state index contributed by atoms with van der Waals surface area (Å²) in [6.07, 6.45) is -2.70. The molecule has 1 aliphatic heterocycles. The number of aromatic nitrogens is 2. The number of hydrogen-bond acceptors (Lipinski definition) is 5. The summed E-state index contributed by atoms with van der Waals surface area (Å²) < 4.78 is 47.8. The molecule has 3 heterocycles. The Morgan fingerprint density at radius 2 is 2.00 bits per heavy atom. The van der Waals surface area contributed by atoms with Crippen molar-refractivity contribution in [3.05, 3.63) is 58.5 Å². The molecule has 1 fully saturated rings. The number of H-pyrrole nitrogens is 1. The summed E-state index contributed by atoms with van der Waals surface area (Å²) in [4.78, 5) is 28.0. The molecule has 1 aromatic carbocycles. The second kappa shape index (κ2) is 8.56. The molecule has 0 bridgehead atoms. The molecule has 1 atom stereocenters. The Hall–Kier alpha value is -3.11. The number of carbonyl (C=O) groups is 1. The van der Waals surface area contributed by atoms with Crippen molar-refractivity contribution in [1.29, 1.82) is 0 Å². The molecule has 3 aromatic rings. The number of benzene rings is 1. The van der Waals surface area contributed by atoms with Crippen LogP contribution in [0, 0.1) is 0 Å². The van der Waals surface area contributed by atoms with Crippen LogP contribution in [0.3, 0.4) is 0 Å². The van der Waals surface area contributed by atoms with Gasteiger partial charge in [-0.05, 0) is 49.2 Å². The average Bonchev–Trinajstić information content (AvgIpc) is 3.37. The number of hydrogen-bond donors (Lipinski definition) is 2. The molecule has 31 heavy (non-hydrogen) atoms. The molecular formula is C21H20F3N3O4. The number of fused-ring (bicyclic) bond motifs is 1. The lowest BCUT2D eigenvalue weighted by Gasteiger charge is -2.11. The number of Topliss-reactive ketones (excluding diaryl/α,β-unsaturated/α-hetero) is 1. The average molecular weight is 435 g/mol. The van der Waals surface area contributed by atoms with Gasteiger partial charge in [0, 0.05) is 24.6 Å². The van der Waals surface area contributed by atoms with Gasteiger partial charge in [0.05, 0.1) is 24.0 Å². The Labute approximate surface area is 174 Å². The number of carbonyl (C=O) groups excluding carboxylic acids is 1. The summed E-state index contributed by atoms with van der Waals surface area (Å²) in [6, 6.07) is 9.49. The lowest BCUT2D eigenvalue weighted by Crippen LogP contribution is -2.31. The van der Waals surface area contributed by atoms with E-state index in [0.717, 1.165) is 31.6 Å². The van der Waals surface area contributed by atoms with E-state index in [4.69, 9.17) is 4.74 Å². The van der Waals surface area contributed by atoms with E-state index in [-0.39, 0.29) is 18.4 Å². The van der Waals surface area contributed by atoms with Crippen molar-refractivity contribution in [2.45, 2.75) is 25.3 Å². The predicted octanol–water partition coefficient (Wildman–Crippen LogP) is 3.17. The van der Waals surface area contributed by atoms with Gasteiger partial charge in [0.25, 0.3) is 5.56 Å². The molecule has 4 rings (SSSR count). The highest BCUT2D eigenvalue weighted by atomic mass is 19.4. The third-order valence-corrected chi connectivity index (χ3v) is 4.99. The molecule has 0 spiro atoms. The number of aromatic amines is 1. The fourth-order valence-electron chi connectivity index (χ4n) is 3.57. The maximum absolute atomic E-state index is 12.6. The summed E-state index contributed by atoms with van der Waals surface area (Å²) in [5, 5.41) is 3.71. The number of rotatable bonds is 7. The van der Waals surface area contributed by atoms with Crippen LogP contribution in [0.25, 0.3) is 16.7 Å². The maximum Gasteiger partial charge on any atom is 0.573 e. The van der Waals surface area contributed by atoms with E-state index in [9.17, 15) is 22.8 Å². The molecule has 1 aliphatic rings. The molecule has 7 nitrogen and oxygen atoms in total. The van der Waals surface area contributed by atoms with Gasteiger partial charge in [-0.2, -0.15) is 0 Å². The van der Waals surface area contributed by atoms with Crippen molar-refractivity contribution in [3.63, 3.8) is 0 Å². The molecule has 10 heteroatoms. The Bertz CT molecular complexity index is 1130. The third kappa shape index (κ3) is 4.97. The van der Waals surface area contributed by atoms with E-state index in [0.29, 0.717) is 29.0 Å². The molecule has 0 saturated carbocycles. The number of ether oxygens (including phenoxy) is 2. The van der Waals surface area contributed by atoms with Gasteiger partial charge < -0.3 is 19.8 Å². The standard InChI is InChI=1S/C21H20F3N3O4/c22-21(23,24)31-15-6-4-14(5-7-15)27-19(29)8-3-13-10-17(26-20(13)27)18(28)12-25-11-16-2-1-9-30-16/h3-8,10,16,25-26H,1-2,9,11-12H2. The van der Waals surface area contributed by atoms with Crippen molar-refractivity contribution >= 4 is 16.8 Å². The normalized spacial score (nSPS) is 16.7. The van der Waals surface area contributed by atoms with E-state index in [2.05, 4.69) is 15.0 Å². The molecule has 0 aliphatic carbocycles. The van der Waals surface area contributed by atoms with Crippen LogP contribution in [0.4, 0.5) is 13.2 Å². The molecular weight excluding hydrogens is 415 g/mol. The minimum Gasteiger partial charge on any atom is -0.406 e. The number of nitrogens with zero attached hydrogens (tertiary/aromatic N) is 1. The van der Waals surface area contributed by atoms with Crippen LogP contribution < -0.4 is 15.6 Å². The molecule has 2 aromatic heterocycles. The Kier molecular flexibility index (Phi) is 5.84. The topological polar surface area (TPSA) is 85.3 Å². The van der Waals surface area contributed by atoms with Gasteiger partial charge in [-0.3, -0.25) is 14.2 Å². The molecule has 1 saturated heterocycles. The molecule has 164 valence electrons. The first-order valence-corrected chi connectivity index (χ1v) is 9.77. The quantitative estimate of drug-likeness (QED) is 0.557. The Balaban J connectivity index is 1.55. The van der Waals surface area contributed by atoms with E-state index in [1.165, 1.54) is 22.8 Å². The van der Waals surface area contributed by atoms with Gasteiger partial charge in [0.1, 0.15) is 11.4 Å². The lowest BCUT2D eigenvalue weighted by molar-refractivity contribution is -0.274. The van der Waals surface area contributed by atoms with Crippen LogP contribution >= 0.6 is 0 Å². The summed E-state index contributed by atoms with van der Waals surface area (Å²) in [7, 11) is 0. The fourth-order valence-corrected chi connectivity index (χ4v) is 3.57. The number of pyridine rings is 1. The van der Waals surface area contributed by atoms with Crippen molar-refractivity contribution < 1.29 is 27.4 Å². The van der Waals surface area contributed by atoms with E-state index in [1.54, 1.807) is 12.1 Å². The minimum atomic E-state index is -4.80. The SMILES string of the molecule is O=C(CNCC1CCCO1)c1cc2ccc(=O)n(-c3ccc(OC(F)(F)F)cc3)c2[nH]1. The highest BCUT2D eigenvalue weighted by Crippen LogP contribution is 2.24. The van der Waals surface area contributed by atoms with Gasteiger partial charge in [0.2, 0.25) is 0 Å². The summed E-state index contributed by atoms with van der Waals surface area (Å²) >= 11 is 0. The van der Waals surface area contributed by atoms with E-state index in [1.807, 2.05) is 0 Å². The van der Waals surface area contributed by atoms with Crippen molar-refractivity contribution in [1.82, 2.24) is 14.9 Å². The van der Waals surface area contributed by atoms with E-state index >= 15 is 0 Å². The van der Waals surface area contributed by atoms with Crippen LogP contribution in [0.1, 0.15) is 23.3 Å². The first-order valence-electron chi connectivity index (χ1n) is 9.77. The number of ketones is 1. The molecule has 0 amide bonds. The zero-order valence-electron chi connectivity index (χ0n) is 16.4. The Morgan fingerprint density at radius 3 is 2.68 bits per heavy atom. The molecule has 1 unspecified atom stereocenters. The number of halogens is 3. The fraction of sp³-hybridized carbons (Fsp3) is 0.333. The van der Waals surface area contributed by atoms with Crippen molar-refractivity contribution in [2.75, 3.05) is 19.7 Å². The van der Waals surface area contributed by atoms with Gasteiger partial charge in [0.15, 0.2) is 5.78 Å². The zero-order valence-corrected chi connectivity index (χ0v) is 16.4. The second-order valence-corrected chi connectivity index (χ2v) is 7.22. The van der Waals surface area contributed by atoms with Gasteiger partial charge in [-0.25, -0.2) is 0 Å². The van der Waals surface area contributed by atoms with Crippen molar-refractivity contribution in [2.24, 2.45) is 0 Å². The Morgan fingerprint density at radius 1 is 1.23 bits per heavy atom. The maximum atomic E-state index is 12.6. The van der Waals surface area contributed by atoms with Gasteiger partial charge in [-0.1, -0.05) is 0 Å². The second-order valence-electron chi connectivity index (χ2n) is 7.22. The van der Waals surface area contributed by atoms with E-state index < -0.39 is 17.7 Å². The van der Waals surface area contributed by atoms with Gasteiger partial charge in [-0.15, -0.1) is 13.2 Å². The zero-order chi connectivity index (χ0) is 22.0. The molecule has 0 radical (unpaired) electrons. The monoisotopic (exact) mass is 435 g/mol. The summed E-state index contributed by atoms with van der Waals surface area (Å²) in [6.45, 7) is 1.44.